The van der Waals surface area contributed by atoms with Gasteiger partial charge < -0.3 is 15.5 Å². The van der Waals surface area contributed by atoms with Crippen molar-refractivity contribution in [2.75, 3.05) is 14.1 Å². The third-order valence-electron chi connectivity index (χ3n) is 3.54. The first-order chi connectivity index (χ1) is 9.88. The first-order valence-corrected chi connectivity index (χ1v) is 6.92. The van der Waals surface area contributed by atoms with E-state index >= 15 is 0 Å². The molecule has 0 radical (unpaired) electrons. The van der Waals surface area contributed by atoms with Crippen LogP contribution in [-0.2, 0) is 4.79 Å². The van der Waals surface area contributed by atoms with Gasteiger partial charge in [-0.05, 0) is 31.0 Å². The molecule has 3 unspecified atom stereocenters. The van der Waals surface area contributed by atoms with Crippen molar-refractivity contribution in [3.05, 3.63) is 35.6 Å². The van der Waals surface area contributed by atoms with E-state index in [0.717, 1.165) is 12.0 Å². The second kappa shape index (κ2) is 6.11. The first-order valence-electron chi connectivity index (χ1n) is 6.92. The van der Waals surface area contributed by atoms with Gasteiger partial charge in [0.05, 0.1) is 0 Å². The minimum Gasteiger partial charge on any atom is -0.347 e. The summed E-state index contributed by atoms with van der Waals surface area (Å²) in [6.07, 6.45) is 0.785. The molecule has 1 saturated carbocycles. The second-order valence-electron chi connectivity index (χ2n) is 5.58. The molecule has 0 spiro atoms. The number of carbonyl (C=O) groups excluding carboxylic acids is 2. The smallest absolute Gasteiger partial charge is 0.315 e. The van der Waals surface area contributed by atoms with Gasteiger partial charge in [-0.2, -0.15) is 0 Å². The number of rotatable bonds is 4. The number of halogens is 1. The van der Waals surface area contributed by atoms with Crippen LogP contribution in [0.3, 0.4) is 0 Å². The molecule has 21 heavy (non-hydrogen) atoms. The number of benzene rings is 1. The summed E-state index contributed by atoms with van der Waals surface area (Å²) in [5.41, 5.74) is 0.887. The van der Waals surface area contributed by atoms with Gasteiger partial charge in [-0.25, -0.2) is 9.18 Å². The quantitative estimate of drug-likeness (QED) is 0.883. The summed E-state index contributed by atoms with van der Waals surface area (Å²) < 4.78 is 13.1. The zero-order valence-electron chi connectivity index (χ0n) is 12.4. The molecule has 0 aromatic heterocycles. The molecular formula is C15H20FN3O2. The molecular weight excluding hydrogens is 273 g/mol. The minimum absolute atomic E-state index is 0.00606. The Morgan fingerprint density at radius 1 is 1.38 bits per heavy atom. The second-order valence-corrected chi connectivity index (χ2v) is 5.58. The Kier molecular flexibility index (Phi) is 4.45. The molecule has 1 aliphatic rings. The Balaban J connectivity index is 1.82. The average molecular weight is 293 g/mol. The van der Waals surface area contributed by atoms with Crippen LogP contribution in [0.4, 0.5) is 9.18 Å². The number of likely N-dealkylation sites (N-methyl/N-ethyl adjacent to an activating group) is 1. The maximum Gasteiger partial charge on any atom is 0.315 e. The number of hydrogen-bond acceptors (Lipinski definition) is 2. The van der Waals surface area contributed by atoms with Crippen LogP contribution in [0.25, 0.3) is 0 Å². The topological polar surface area (TPSA) is 61.4 Å². The Bertz CT molecular complexity index is 547. The van der Waals surface area contributed by atoms with Crippen molar-refractivity contribution in [3.8, 4) is 0 Å². The van der Waals surface area contributed by atoms with Gasteiger partial charge in [-0.3, -0.25) is 4.79 Å². The lowest BCUT2D eigenvalue weighted by Crippen LogP contribution is -2.48. The van der Waals surface area contributed by atoms with Gasteiger partial charge in [-0.15, -0.1) is 0 Å². The Morgan fingerprint density at radius 2 is 2.10 bits per heavy atom. The van der Waals surface area contributed by atoms with Gasteiger partial charge in [0.1, 0.15) is 11.9 Å². The van der Waals surface area contributed by atoms with Gasteiger partial charge in [0.15, 0.2) is 0 Å². The van der Waals surface area contributed by atoms with Crippen LogP contribution in [0, 0.1) is 5.82 Å². The van der Waals surface area contributed by atoms with E-state index in [4.69, 9.17) is 0 Å². The SMILES string of the molecule is CC(NC(=O)NC1CC1c1cccc(F)c1)C(=O)N(C)C. The van der Waals surface area contributed by atoms with Crippen molar-refractivity contribution >= 4 is 11.9 Å². The number of nitrogens with one attached hydrogen (secondary N) is 2. The lowest BCUT2D eigenvalue weighted by Gasteiger charge is -2.18. The maximum atomic E-state index is 13.1. The van der Waals surface area contributed by atoms with E-state index in [1.165, 1.54) is 17.0 Å². The van der Waals surface area contributed by atoms with Gasteiger partial charge in [0, 0.05) is 26.1 Å². The van der Waals surface area contributed by atoms with Crippen molar-refractivity contribution in [3.63, 3.8) is 0 Å². The highest BCUT2D eigenvalue weighted by atomic mass is 19.1. The molecule has 0 bridgehead atoms. The maximum absolute atomic E-state index is 13.1. The molecule has 1 fully saturated rings. The normalized spacial score (nSPS) is 21.3. The van der Waals surface area contributed by atoms with Gasteiger partial charge >= 0.3 is 6.03 Å². The summed E-state index contributed by atoms with van der Waals surface area (Å²) in [6, 6.07) is 5.45. The van der Waals surface area contributed by atoms with Crippen LogP contribution < -0.4 is 10.6 Å². The van der Waals surface area contributed by atoms with Crippen molar-refractivity contribution in [2.45, 2.75) is 31.3 Å². The van der Waals surface area contributed by atoms with E-state index in [-0.39, 0.29) is 29.7 Å². The standard InChI is InChI=1S/C15H20FN3O2/c1-9(14(20)19(2)3)17-15(21)18-13-8-12(13)10-5-4-6-11(16)7-10/h4-7,9,12-13H,8H2,1-3H3,(H2,17,18,21). The highest BCUT2D eigenvalue weighted by molar-refractivity contribution is 5.86. The number of amides is 3. The van der Waals surface area contributed by atoms with Crippen LogP contribution in [0.1, 0.15) is 24.8 Å². The largest absolute Gasteiger partial charge is 0.347 e. The molecule has 3 amide bonds. The van der Waals surface area contributed by atoms with Crippen molar-refractivity contribution in [1.82, 2.24) is 15.5 Å². The monoisotopic (exact) mass is 293 g/mol. The molecule has 114 valence electrons. The zero-order chi connectivity index (χ0) is 15.6. The van der Waals surface area contributed by atoms with Crippen LogP contribution in [0.15, 0.2) is 24.3 Å². The van der Waals surface area contributed by atoms with Crippen LogP contribution in [0.2, 0.25) is 0 Å². The van der Waals surface area contributed by atoms with E-state index < -0.39 is 6.04 Å². The molecule has 3 atom stereocenters. The summed E-state index contributed by atoms with van der Waals surface area (Å²) >= 11 is 0. The Hall–Kier alpha value is -2.11. The van der Waals surface area contributed by atoms with E-state index in [2.05, 4.69) is 10.6 Å². The fraction of sp³-hybridized carbons (Fsp3) is 0.467. The molecule has 1 aromatic carbocycles. The molecule has 5 nitrogen and oxygen atoms in total. The van der Waals surface area contributed by atoms with E-state index in [1.54, 1.807) is 27.1 Å². The van der Waals surface area contributed by atoms with Gasteiger partial charge in [-0.1, -0.05) is 12.1 Å². The highest BCUT2D eigenvalue weighted by Crippen LogP contribution is 2.40. The number of carbonyl (C=O) groups is 2. The van der Waals surface area contributed by atoms with E-state index in [9.17, 15) is 14.0 Å². The fourth-order valence-electron chi connectivity index (χ4n) is 2.32. The third-order valence-corrected chi connectivity index (χ3v) is 3.54. The molecule has 1 aromatic rings. The Morgan fingerprint density at radius 3 is 2.71 bits per heavy atom. The van der Waals surface area contributed by atoms with Crippen molar-refractivity contribution in [2.24, 2.45) is 0 Å². The molecule has 6 heteroatoms. The van der Waals surface area contributed by atoms with Crippen LogP contribution in [-0.4, -0.2) is 43.0 Å². The lowest BCUT2D eigenvalue weighted by molar-refractivity contribution is -0.130. The summed E-state index contributed by atoms with van der Waals surface area (Å²) in [4.78, 5) is 24.9. The highest BCUT2D eigenvalue weighted by Gasteiger charge is 2.39. The summed E-state index contributed by atoms with van der Waals surface area (Å²) in [7, 11) is 3.28. The van der Waals surface area contributed by atoms with Crippen LogP contribution >= 0.6 is 0 Å². The molecule has 0 heterocycles. The minimum atomic E-state index is -0.577. The number of hydrogen-bond donors (Lipinski definition) is 2. The average Bonchev–Trinajstić information content (AvgIpc) is 3.16. The molecule has 1 aliphatic carbocycles. The Labute approximate surface area is 123 Å². The first kappa shape index (κ1) is 15.3. The molecule has 2 N–H and O–H groups in total. The van der Waals surface area contributed by atoms with Crippen molar-refractivity contribution < 1.29 is 14.0 Å². The fourth-order valence-corrected chi connectivity index (χ4v) is 2.32. The number of nitrogens with zero attached hydrogens (tertiary/aromatic N) is 1. The zero-order valence-corrected chi connectivity index (χ0v) is 12.4. The van der Waals surface area contributed by atoms with Crippen molar-refractivity contribution in [1.29, 1.82) is 0 Å². The van der Waals surface area contributed by atoms with Crippen LogP contribution in [0.5, 0.6) is 0 Å². The number of urea groups is 1. The van der Waals surface area contributed by atoms with Gasteiger partial charge in [0.25, 0.3) is 0 Å². The predicted octanol–water partition coefficient (Wildman–Crippen LogP) is 1.46. The van der Waals surface area contributed by atoms with E-state index in [0.29, 0.717) is 0 Å². The summed E-state index contributed by atoms with van der Waals surface area (Å²) in [6.45, 7) is 1.64. The molecule has 0 saturated heterocycles. The predicted molar refractivity (Wildman–Crippen MR) is 77.4 cm³/mol. The summed E-state index contributed by atoms with van der Waals surface area (Å²) in [5, 5.41) is 5.40. The third kappa shape index (κ3) is 3.93. The van der Waals surface area contributed by atoms with Gasteiger partial charge in [0.2, 0.25) is 5.91 Å². The molecule has 2 rings (SSSR count). The molecule has 0 aliphatic heterocycles. The van der Waals surface area contributed by atoms with E-state index in [1.807, 2.05) is 6.07 Å². The summed E-state index contributed by atoms with van der Waals surface area (Å²) in [5.74, 6) is -0.290. The lowest BCUT2D eigenvalue weighted by atomic mass is 10.1.